The Morgan fingerprint density at radius 3 is 2.34 bits per heavy atom. The lowest BCUT2D eigenvalue weighted by atomic mass is 10.1. The third-order valence-electron chi connectivity index (χ3n) is 4.15. The first-order valence-electron chi connectivity index (χ1n) is 11.5. The fourth-order valence-corrected chi connectivity index (χ4v) is 2.46. The van der Waals surface area contributed by atoms with E-state index in [1.165, 1.54) is 14.2 Å². The van der Waals surface area contributed by atoms with Crippen LogP contribution in [0.25, 0.3) is 0 Å². The topological polar surface area (TPSA) is 77.1 Å². The van der Waals surface area contributed by atoms with Crippen molar-refractivity contribution in [3.05, 3.63) is 47.5 Å². The first kappa shape index (κ1) is 32.0. The van der Waals surface area contributed by atoms with E-state index in [1.54, 1.807) is 31.4 Å². The van der Waals surface area contributed by atoms with Gasteiger partial charge in [0.15, 0.2) is 0 Å². The third kappa shape index (κ3) is 13.2. The van der Waals surface area contributed by atoms with E-state index in [1.807, 2.05) is 39.8 Å². The molecule has 0 aromatic heterocycles. The molecule has 7 nitrogen and oxygen atoms in total. The van der Waals surface area contributed by atoms with Crippen LogP contribution in [0.1, 0.15) is 69.8 Å². The molecule has 0 aliphatic rings. The van der Waals surface area contributed by atoms with Gasteiger partial charge >= 0.3 is 0 Å². The monoisotopic (exact) mass is 452 g/mol. The van der Waals surface area contributed by atoms with Gasteiger partial charge in [0.2, 0.25) is 0 Å². The second-order valence-electron chi connectivity index (χ2n) is 6.27. The zero-order chi connectivity index (χ0) is 24.8. The van der Waals surface area contributed by atoms with Crippen molar-refractivity contribution in [2.75, 3.05) is 34.5 Å². The van der Waals surface area contributed by atoms with Crippen LogP contribution in [0.4, 0.5) is 0 Å². The Balaban J connectivity index is 0. The lowest BCUT2D eigenvalue weighted by Gasteiger charge is -2.22. The van der Waals surface area contributed by atoms with E-state index in [9.17, 15) is 9.59 Å². The van der Waals surface area contributed by atoms with E-state index in [0.29, 0.717) is 31.8 Å². The number of amides is 2. The molecule has 0 spiro atoms. The summed E-state index contributed by atoms with van der Waals surface area (Å²) < 4.78 is 10.6. The van der Waals surface area contributed by atoms with E-state index < -0.39 is 6.04 Å². The largest absolute Gasteiger partial charge is 0.381 e. The molecule has 0 bridgehead atoms. The Kier molecular flexibility index (Phi) is 22.0. The van der Waals surface area contributed by atoms with Crippen LogP contribution in [0.5, 0.6) is 0 Å². The van der Waals surface area contributed by atoms with Crippen molar-refractivity contribution >= 4 is 11.8 Å². The average Bonchev–Trinajstić information content (AvgIpc) is 2.85. The molecular formula is C25H44N2O5. The van der Waals surface area contributed by atoms with Crippen molar-refractivity contribution in [3.8, 4) is 0 Å². The first-order valence-corrected chi connectivity index (χ1v) is 11.5. The number of unbranched alkanes of at least 4 members (excludes halogenated alkanes) is 1. The molecule has 1 atom stereocenters. The normalized spacial score (nSPS) is 11.0. The number of hydrogen-bond acceptors (Lipinski definition) is 5. The van der Waals surface area contributed by atoms with Gasteiger partial charge in [-0.25, -0.2) is 5.06 Å². The number of rotatable bonds is 13. The van der Waals surface area contributed by atoms with Crippen molar-refractivity contribution in [1.29, 1.82) is 0 Å². The second-order valence-corrected chi connectivity index (χ2v) is 6.27. The fraction of sp³-hybridized carbons (Fsp3) is 0.600. The highest BCUT2D eigenvalue weighted by Crippen LogP contribution is 2.12. The van der Waals surface area contributed by atoms with Crippen LogP contribution >= 0.6 is 0 Å². The summed E-state index contributed by atoms with van der Waals surface area (Å²) in [6.45, 7) is 11.5. The Bertz CT molecular complexity index is 635. The van der Waals surface area contributed by atoms with E-state index >= 15 is 0 Å². The van der Waals surface area contributed by atoms with Gasteiger partial charge in [0, 0.05) is 26.3 Å². The molecule has 1 N–H and O–H groups in total. The number of benzene rings is 1. The predicted molar refractivity (Wildman–Crippen MR) is 130 cm³/mol. The predicted octanol–water partition coefficient (Wildman–Crippen LogP) is 4.77. The molecule has 1 aromatic carbocycles. The molecule has 1 aromatic rings. The highest BCUT2D eigenvalue weighted by molar-refractivity contribution is 5.98. The quantitative estimate of drug-likeness (QED) is 0.265. The van der Waals surface area contributed by atoms with E-state index in [-0.39, 0.29) is 11.8 Å². The smallest absolute Gasteiger partial charge is 0.268 e. The molecule has 7 heteroatoms. The summed E-state index contributed by atoms with van der Waals surface area (Å²) in [4.78, 5) is 30.3. The molecular weight excluding hydrogens is 408 g/mol. The minimum atomic E-state index is -0.750. The van der Waals surface area contributed by atoms with Crippen LogP contribution in [0.2, 0.25) is 0 Å². The van der Waals surface area contributed by atoms with Crippen LogP contribution in [-0.2, 0) is 25.7 Å². The lowest BCUT2D eigenvalue weighted by molar-refractivity contribution is -0.170. The summed E-state index contributed by atoms with van der Waals surface area (Å²) in [5.41, 5.74) is 1.29. The number of hydroxylamine groups is 2. The Labute approximate surface area is 195 Å². The number of carbonyl (C=O) groups is 2. The highest BCUT2D eigenvalue weighted by atomic mass is 16.7. The number of nitrogens with zero attached hydrogens (tertiary/aromatic N) is 1. The minimum absolute atomic E-state index is 0.322. The molecule has 184 valence electrons. The maximum Gasteiger partial charge on any atom is 0.268 e. The van der Waals surface area contributed by atoms with Gasteiger partial charge in [-0.1, -0.05) is 71.4 Å². The summed E-state index contributed by atoms with van der Waals surface area (Å²) in [5, 5.41) is 3.92. The average molecular weight is 453 g/mol. The molecule has 0 saturated heterocycles. The Morgan fingerprint density at radius 2 is 1.75 bits per heavy atom. The van der Waals surface area contributed by atoms with Crippen molar-refractivity contribution < 1.29 is 23.9 Å². The highest BCUT2D eigenvalue weighted by Gasteiger charge is 2.24. The number of hydrogen-bond donors (Lipinski definition) is 1. The molecule has 0 radical (unpaired) electrons. The molecule has 32 heavy (non-hydrogen) atoms. The molecule has 0 saturated carbocycles. The molecule has 1 unspecified atom stereocenters. The summed E-state index contributed by atoms with van der Waals surface area (Å²) in [5.74, 6) is -0.660. The van der Waals surface area contributed by atoms with Gasteiger partial charge in [-0.3, -0.25) is 14.4 Å². The zero-order valence-corrected chi connectivity index (χ0v) is 21.3. The Hall–Kier alpha value is -2.22. The lowest BCUT2D eigenvalue weighted by Crippen LogP contribution is -2.47. The van der Waals surface area contributed by atoms with Gasteiger partial charge in [0.05, 0.1) is 20.3 Å². The SMILES string of the molecule is CC.CC.CCCCOCc1ccccc1C(=O)NC(C/C=C\COC)C(=O)N(C)OC. The number of likely N-dealkylation sites (N-methyl/N-ethyl adjacent to an activating group) is 1. The number of carbonyl (C=O) groups excluding carboxylic acids is 2. The van der Waals surface area contributed by atoms with Crippen LogP contribution in [0.3, 0.4) is 0 Å². The van der Waals surface area contributed by atoms with Gasteiger partial charge in [-0.2, -0.15) is 0 Å². The minimum Gasteiger partial charge on any atom is -0.381 e. The van der Waals surface area contributed by atoms with Crippen molar-refractivity contribution in [2.45, 2.75) is 66.5 Å². The number of methoxy groups -OCH3 is 1. The van der Waals surface area contributed by atoms with Gasteiger partial charge in [0.1, 0.15) is 6.04 Å². The van der Waals surface area contributed by atoms with Gasteiger partial charge in [-0.15, -0.1) is 0 Å². The molecule has 0 aliphatic heterocycles. The molecule has 2 amide bonds. The summed E-state index contributed by atoms with van der Waals surface area (Å²) in [7, 11) is 4.50. The van der Waals surface area contributed by atoms with Crippen LogP contribution in [0.15, 0.2) is 36.4 Å². The zero-order valence-electron chi connectivity index (χ0n) is 21.3. The molecule has 1 rings (SSSR count). The van der Waals surface area contributed by atoms with Crippen molar-refractivity contribution in [3.63, 3.8) is 0 Å². The number of ether oxygens (including phenoxy) is 2. The van der Waals surface area contributed by atoms with E-state index in [4.69, 9.17) is 14.3 Å². The van der Waals surface area contributed by atoms with E-state index in [0.717, 1.165) is 23.5 Å². The van der Waals surface area contributed by atoms with Gasteiger partial charge in [0.25, 0.3) is 11.8 Å². The maximum atomic E-state index is 12.8. The summed E-state index contributed by atoms with van der Waals surface area (Å²) in [6.07, 6.45) is 5.96. The van der Waals surface area contributed by atoms with E-state index in [2.05, 4.69) is 12.2 Å². The Morgan fingerprint density at radius 1 is 1.09 bits per heavy atom. The molecule has 0 fully saturated rings. The maximum absolute atomic E-state index is 12.8. The van der Waals surface area contributed by atoms with Crippen molar-refractivity contribution in [2.24, 2.45) is 0 Å². The summed E-state index contributed by atoms with van der Waals surface area (Å²) in [6, 6.07) is 6.50. The van der Waals surface area contributed by atoms with Crippen LogP contribution in [0, 0.1) is 0 Å². The third-order valence-corrected chi connectivity index (χ3v) is 4.15. The number of nitrogens with one attached hydrogen (secondary N) is 1. The molecule has 0 heterocycles. The van der Waals surface area contributed by atoms with Gasteiger partial charge in [-0.05, 0) is 24.5 Å². The first-order chi connectivity index (χ1) is 15.5. The fourth-order valence-electron chi connectivity index (χ4n) is 2.46. The van der Waals surface area contributed by atoms with Crippen LogP contribution < -0.4 is 5.32 Å². The molecule has 0 aliphatic carbocycles. The van der Waals surface area contributed by atoms with Crippen molar-refractivity contribution in [1.82, 2.24) is 10.4 Å². The standard InChI is InChI=1S/C21H32N2O5.2C2H6/c1-5-6-15-28-16-17-11-7-8-12-18(17)20(24)22-19(13-9-10-14-26-3)21(25)23(2)27-4;2*1-2/h7-12,19H,5-6,13-16H2,1-4H3,(H,22,24);2*1-2H3/b10-9-;;. The van der Waals surface area contributed by atoms with Crippen LogP contribution in [-0.4, -0.2) is 57.4 Å². The van der Waals surface area contributed by atoms with Gasteiger partial charge < -0.3 is 14.8 Å². The second kappa shape index (κ2) is 22.0. The summed E-state index contributed by atoms with van der Waals surface area (Å²) >= 11 is 0.